The number of nitrogens with zero attached hydrogens (tertiary/aromatic N) is 3. The van der Waals surface area contributed by atoms with Crippen molar-refractivity contribution in [3.8, 4) is 0 Å². The monoisotopic (exact) mass is 389 g/mol. The Bertz CT molecular complexity index is 572. The molecule has 26 heavy (non-hydrogen) atoms. The molecule has 0 aromatic heterocycles. The summed E-state index contributed by atoms with van der Waals surface area (Å²) in [4.78, 5) is 16.4. The molecule has 7 nitrogen and oxygen atoms in total. The summed E-state index contributed by atoms with van der Waals surface area (Å²) >= 11 is 0. The van der Waals surface area contributed by atoms with E-state index in [0.29, 0.717) is 6.04 Å². The van der Waals surface area contributed by atoms with E-state index in [2.05, 4.69) is 4.90 Å². The molecule has 0 unspecified atom stereocenters. The van der Waals surface area contributed by atoms with E-state index < -0.39 is 15.6 Å². The molecular formula is C18H35N3O4S. The molecule has 0 bridgehead atoms. The third-order valence-corrected chi connectivity index (χ3v) is 7.35. The third-order valence-electron chi connectivity index (χ3n) is 5.45. The Morgan fingerprint density at radius 1 is 1.08 bits per heavy atom. The van der Waals surface area contributed by atoms with Gasteiger partial charge in [-0.3, -0.25) is 0 Å². The highest BCUT2D eigenvalue weighted by molar-refractivity contribution is 7.89. The molecule has 0 aromatic carbocycles. The number of carbonyl (C=O) groups is 1. The number of hydrogen-bond acceptors (Lipinski definition) is 5. The highest BCUT2D eigenvalue weighted by Crippen LogP contribution is 2.25. The molecule has 0 saturated carbocycles. The molecule has 0 aliphatic carbocycles. The maximum atomic E-state index is 12.2. The van der Waals surface area contributed by atoms with Crippen molar-refractivity contribution in [3.63, 3.8) is 0 Å². The molecule has 0 spiro atoms. The van der Waals surface area contributed by atoms with E-state index >= 15 is 0 Å². The predicted octanol–water partition coefficient (Wildman–Crippen LogP) is 2.13. The average Bonchev–Trinajstić information content (AvgIpc) is 2.60. The second-order valence-electron chi connectivity index (χ2n) is 8.38. The van der Waals surface area contributed by atoms with E-state index in [4.69, 9.17) is 4.74 Å². The van der Waals surface area contributed by atoms with Crippen molar-refractivity contribution in [1.82, 2.24) is 14.1 Å². The van der Waals surface area contributed by atoms with Crippen LogP contribution in [0.3, 0.4) is 0 Å². The van der Waals surface area contributed by atoms with Gasteiger partial charge in [0.15, 0.2) is 0 Å². The molecule has 2 rings (SSSR count). The Labute approximate surface area is 158 Å². The van der Waals surface area contributed by atoms with E-state index in [9.17, 15) is 13.2 Å². The van der Waals surface area contributed by atoms with Gasteiger partial charge in [0.25, 0.3) is 0 Å². The van der Waals surface area contributed by atoms with Crippen LogP contribution in [0.4, 0.5) is 4.79 Å². The maximum Gasteiger partial charge on any atom is 0.410 e. The summed E-state index contributed by atoms with van der Waals surface area (Å²) < 4.78 is 31.1. The summed E-state index contributed by atoms with van der Waals surface area (Å²) in [7, 11) is -1.41. The van der Waals surface area contributed by atoms with Gasteiger partial charge in [-0.25, -0.2) is 17.5 Å². The Balaban J connectivity index is 1.79. The molecule has 0 aromatic rings. The molecule has 2 heterocycles. The van der Waals surface area contributed by atoms with Gasteiger partial charge in [-0.05, 0) is 66.5 Å². The molecule has 0 N–H and O–H groups in total. The molecule has 8 heteroatoms. The van der Waals surface area contributed by atoms with Crippen LogP contribution in [0, 0.1) is 0 Å². The second kappa shape index (κ2) is 8.44. The zero-order valence-corrected chi connectivity index (χ0v) is 17.7. The Morgan fingerprint density at radius 2 is 1.62 bits per heavy atom. The molecule has 2 fully saturated rings. The van der Waals surface area contributed by atoms with Crippen molar-refractivity contribution in [1.29, 1.82) is 0 Å². The Kier molecular flexibility index (Phi) is 6.96. The lowest BCUT2D eigenvalue weighted by atomic mass is 9.98. The SMILES string of the molecule is CCS(=O)(=O)N(C)C1CCN(C2CCN(C(=O)OC(C)(C)C)CC2)CC1. The smallest absolute Gasteiger partial charge is 0.410 e. The Hall–Kier alpha value is -0.860. The second-order valence-corrected chi connectivity index (χ2v) is 10.7. The van der Waals surface area contributed by atoms with Crippen molar-refractivity contribution in [2.24, 2.45) is 0 Å². The average molecular weight is 390 g/mol. The number of sulfonamides is 1. The van der Waals surface area contributed by atoms with Gasteiger partial charge in [-0.15, -0.1) is 0 Å². The molecule has 0 radical (unpaired) electrons. The van der Waals surface area contributed by atoms with Crippen LogP contribution in [0.2, 0.25) is 0 Å². The first-order valence-corrected chi connectivity index (χ1v) is 11.3. The fourth-order valence-electron chi connectivity index (χ4n) is 3.79. The summed E-state index contributed by atoms with van der Waals surface area (Å²) in [6, 6.07) is 0.584. The summed E-state index contributed by atoms with van der Waals surface area (Å²) in [5.74, 6) is 0.160. The number of amides is 1. The van der Waals surface area contributed by atoms with Gasteiger partial charge >= 0.3 is 6.09 Å². The van der Waals surface area contributed by atoms with E-state index in [-0.39, 0.29) is 17.9 Å². The zero-order chi connectivity index (χ0) is 19.5. The first kappa shape index (κ1) is 21.4. The summed E-state index contributed by atoms with van der Waals surface area (Å²) in [6.45, 7) is 10.6. The minimum absolute atomic E-state index is 0.109. The van der Waals surface area contributed by atoms with E-state index in [0.717, 1.165) is 51.9 Å². The molecule has 1 amide bonds. The zero-order valence-electron chi connectivity index (χ0n) is 16.9. The first-order valence-electron chi connectivity index (χ1n) is 9.71. The fraction of sp³-hybridized carbons (Fsp3) is 0.944. The van der Waals surface area contributed by atoms with Crippen LogP contribution in [-0.2, 0) is 14.8 Å². The third kappa shape index (κ3) is 5.57. The number of piperidine rings is 2. The van der Waals surface area contributed by atoms with Crippen molar-refractivity contribution in [2.75, 3.05) is 39.0 Å². The van der Waals surface area contributed by atoms with E-state index in [1.807, 2.05) is 20.8 Å². The van der Waals surface area contributed by atoms with Gasteiger partial charge in [0, 0.05) is 32.2 Å². The van der Waals surface area contributed by atoms with Crippen LogP contribution in [0.1, 0.15) is 53.4 Å². The van der Waals surface area contributed by atoms with Crippen LogP contribution in [0.15, 0.2) is 0 Å². The van der Waals surface area contributed by atoms with Crippen molar-refractivity contribution >= 4 is 16.1 Å². The lowest BCUT2D eigenvalue weighted by Gasteiger charge is -2.43. The quantitative estimate of drug-likeness (QED) is 0.737. The van der Waals surface area contributed by atoms with Crippen LogP contribution in [0.25, 0.3) is 0 Å². The van der Waals surface area contributed by atoms with Gasteiger partial charge in [0.2, 0.25) is 10.0 Å². The predicted molar refractivity (Wildman–Crippen MR) is 103 cm³/mol. The summed E-state index contributed by atoms with van der Waals surface area (Å²) in [6.07, 6.45) is 3.44. The van der Waals surface area contributed by atoms with Crippen molar-refractivity contribution in [2.45, 2.75) is 71.1 Å². The van der Waals surface area contributed by atoms with Gasteiger partial charge in [-0.1, -0.05) is 0 Å². The van der Waals surface area contributed by atoms with Crippen LogP contribution >= 0.6 is 0 Å². The van der Waals surface area contributed by atoms with Crippen LogP contribution < -0.4 is 0 Å². The number of hydrogen-bond donors (Lipinski definition) is 0. The lowest BCUT2D eigenvalue weighted by Crippen LogP contribution is -2.52. The molecule has 0 atom stereocenters. The van der Waals surface area contributed by atoms with Gasteiger partial charge < -0.3 is 14.5 Å². The molecule has 152 valence electrons. The summed E-state index contributed by atoms with van der Waals surface area (Å²) in [5, 5.41) is 0. The van der Waals surface area contributed by atoms with Crippen LogP contribution in [-0.4, -0.2) is 85.3 Å². The number of rotatable bonds is 4. The lowest BCUT2D eigenvalue weighted by molar-refractivity contribution is 0.0118. The highest BCUT2D eigenvalue weighted by Gasteiger charge is 2.33. The van der Waals surface area contributed by atoms with Gasteiger partial charge in [-0.2, -0.15) is 0 Å². The minimum atomic E-state index is -3.12. The fourth-order valence-corrected chi connectivity index (χ4v) is 4.86. The van der Waals surface area contributed by atoms with Gasteiger partial charge in [0.05, 0.1) is 5.75 Å². The maximum absolute atomic E-state index is 12.2. The van der Waals surface area contributed by atoms with Crippen LogP contribution in [0.5, 0.6) is 0 Å². The van der Waals surface area contributed by atoms with E-state index in [1.54, 1.807) is 23.2 Å². The number of ether oxygens (including phenoxy) is 1. The highest BCUT2D eigenvalue weighted by atomic mass is 32.2. The van der Waals surface area contributed by atoms with E-state index in [1.165, 1.54) is 0 Å². The van der Waals surface area contributed by atoms with Crippen molar-refractivity contribution in [3.05, 3.63) is 0 Å². The topological polar surface area (TPSA) is 70.2 Å². The van der Waals surface area contributed by atoms with Gasteiger partial charge in [0.1, 0.15) is 5.60 Å². The number of likely N-dealkylation sites (tertiary alicyclic amines) is 2. The molecular weight excluding hydrogens is 354 g/mol. The Morgan fingerprint density at radius 3 is 2.08 bits per heavy atom. The normalized spacial score (nSPS) is 22.0. The minimum Gasteiger partial charge on any atom is -0.444 e. The largest absolute Gasteiger partial charge is 0.444 e. The molecule has 2 aliphatic heterocycles. The first-order chi connectivity index (χ1) is 12.0. The number of carbonyl (C=O) groups excluding carboxylic acids is 1. The molecule has 2 aliphatic rings. The van der Waals surface area contributed by atoms with Crippen molar-refractivity contribution < 1.29 is 17.9 Å². The standard InChI is InChI=1S/C18H35N3O4S/c1-6-26(23,24)19(5)15-7-11-20(12-8-15)16-9-13-21(14-10-16)17(22)25-18(2,3)4/h15-16H,6-14H2,1-5H3. The molecule has 2 saturated heterocycles. The summed E-state index contributed by atoms with van der Waals surface area (Å²) in [5.41, 5.74) is -0.458.